The van der Waals surface area contributed by atoms with Gasteiger partial charge in [-0.1, -0.05) is 68.4 Å². The molecule has 0 spiro atoms. The zero-order valence-corrected chi connectivity index (χ0v) is 21.2. The lowest BCUT2D eigenvalue weighted by Gasteiger charge is -2.26. The van der Waals surface area contributed by atoms with Gasteiger partial charge in [-0.3, -0.25) is 4.99 Å². The highest BCUT2D eigenvalue weighted by Gasteiger charge is 2.20. The van der Waals surface area contributed by atoms with E-state index in [1.165, 1.54) is 16.7 Å². The van der Waals surface area contributed by atoms with Crippen molar-refractivity contribution in [3.8, 4) is 0 Å². The second kappa shape index (κ2) is 13.0. The minimum atomic E-state index is 0. The fourth-order valence-corrected chi connectivity index (χ4v) is 3.59. The van der Waals surface area contributed by atoms with Crippen LogP contribution in [0.5, 0.6) is 0 Å². The summed E-state index contributed by atoms with van der Waals surface area (Å²) in [5.74, 6) is 0.808. The average molecular weight is 537 g/mol. The van der Waals surface area contributed by atoms with Gasteiger partial charge in [-0.2, -0.15) is 0 Å². The van der Waals surface area contributed by atoms with Crippen molar-refractivity contribution < 1.29 is 9.47 Å². The summed E-state index contributed by atoms with van der Waals surface area (Å²) >= 11 is 0. The fourth-order valence-electron chi connectivity index (χ4n) is 3.59. The molecule has 1 aliphatic heterocycles. The van der Waals surface area contributed by atoms with E-state index >= 15 is 0 Å². The summed E-state index contributed by atoms with van der Waals surface area (Å²) in [6, 6.07) is 19.1. The van der Waals surface area contributed by atoms with Crippen LogP contribution in [0.3, 0.4) is 0 Å². The summed E-state index contributed by atoms with van der Waals surface area (Å²) in [7, 11) is 1.81. The molecule has 1 heterocycles. The first-order chi connectivity index (χ1) is 14.6. The van der Waals surface area contributed by atoms with Crippen molar-refractivity contribution in [3.05, 3.63) is 71.3 Å². The lowest BCUT2D eigenvalue weighted by molar-refractivity contribution is -0.0390. The number of nitrogens with one attached hydrogen (secondary N) is 2. The second-order valence-corrected chi connectivity index (χ2v) is 8.47. The average Bonchev–Trinajstić information content (AvgIpc) is 2.79. The Labute approximate surface area is 204 Å². The predicted octanol–water partition coefficient (Wildman–Crippen LogP) is 4.64. The number of hydrogen-bond acceptors (Lipinski definition) is 3. The van der Waals surface area contributed by atoms with Gasteiger partial charge in [0.15, 0.2) is 5.96 Å². The molecule has 2 aromatic carbocycles. The van der Waals surface area contributed by atoms with Gasteiger partial charge in [0, 0.05) is 38.8 Å². The van der Waals surface area contributed by atoms with Crippen LogP contribution in [0.2, 0.25) is 0 Å². The molecule has 170 valence electrons. The Hall–Kier alpha value is -1.64. The van der Waals surface area contributed by atoms with Gasteiger partial charge in [0.2, 0.25) is 0 Å². The van der Waals surface area contributed by atoms with E-state index in [1.807, 2.05) is 7.05 Å². The molecular weight excluding hydrogens is 501 g/mol. The summed E-state index contributed by atoms with van der Waals surface area (Å²) in [6.07, 6.45) is 2.29. The standard InChI is InChI=1S/C25H35N3O2.HI/c1-25(2,22-10-5-4-6-11-22)19-28-24(26-3)27-17-20-8-7-9-21(16-20)18-30-23-12-14-29-15-13-23;/h4-11,16,23H,12-15,17-19H2,1-3H3,(H2,26,27,28);1H. The molecule has 0 unspecified atom stereocenters. The molecule has 1 saturated heterocycles. The smallest absolute Gasteiger partial charge is 0.191 e. The number of halogens is 1. The van der Waals surface area contributed by atoms with Crippen LogP contribution in [0.1, 0.15) is 43.4 Å². The third-order valence-electron chi connectivity index (χ3n) is 5.58. The maximum atomic E-state index is 6.05. The molecule has 0 saturated carbocycles. The van der Waals surface area contributed by atoms with Crippen molar-refractivity contribution in [1.82, 2.24) is 10.6 Å². The molecule has 3 rings (SSSR count). The first kappa shape index (κ1) is 25.6. The van der Waals surface area contributed by atoms with Crippen LogP contribution in [0, 0.1) is 0 Å². The fraction of sp³-hybridized carbons (Fsp3) is 0.480. The van der Waals surface area contributed by atoms with Crippen LogP contribution in [0.15, 0.2) is 59.6 Å². The Bertz CT molecular complexity index is 805. The Morgan fingerprint density at radius 2 is 1.74 bits per heavy atom. The van der Waals surface area contributed by atoms with E-state index in [2.05, 4.69) is 84.1 Å². The maximum absolute atomic E-state index is 6.05. The van der Waals surface area contributed by atoms with Gasteiger partial charge >= 0.3 is 0 Å². The van der Waals surface area contributed by atoms with Crippen LogP contribution in [0.4, 0.5) is 0 Å². The van der Waals surface area contributed by atoms with Crippen LogP contribution < -0.4 is 10.6 Å². The van der Waals surface area contributed by atoms with Crippen molar-refractivity contribution in [2.45, 2.75) is 51.4 Å². The second-order valence-electron chi connectivity index (χ2n) is 8.47. The summed E-state index contributed by atoms with van der Waals surface area (Å²) in [5, 5.41) is 6.89. The Kier molecular flexibility index (Phi) is 10.8. The number of rotatable bonds is 8. The summed E-state index contributed by atoms with van der Waals surface area (Å²) < 4.78 is 11.4. The molecule has 1 fully saturated rings. The van der Waals surface area contributed by atoms with Crippen molar-refractivity contribution in [2.24, 2.45) is 4.99 Å². The molecule has 0 aromatic heterocycles. The zero-order chi connectivity index (χ0) is 21.2. The van der Waals surface area contributed by atoms with E-state index < -0.39 is 0 Å². The Morgan fingerprint density at radius 3 is 2.45 bits per heavy atom. The van der Waals surface area contributed by atoms with E-state index in [4.69, 9.17) is 9.47 Å². The number of aliphatic imine (C=N–C) groups is 1. The topological polar surface area (TPSA) is 54.9 Å². The molecule has 0 amide bonds. The van der Waals surface area contributed by atoms with Gasteiger partial charge in [0.1, 0.15) is 0 Å². The summed E-state index contributed by atoms with van der Waals surface area (Å²) in [5.41, 5.74) is 3.74. The SMILES string of the molecule is CN=C(NCc1cccc(COC2CCOCC2)c1)NCC(C)(C)c1ccccc1.I. The number of hydrogen-bond donors (Lipinski definition) is 2. The quantitative estimate of drug-likeness (QED) is 0.293. The molecule has 6 heteroatoms. The minimum absolute atomic E-state index is 0. The first-order valence-electron chi connectivity index (χ1n) is 10.8. The highest BCUT2D eigenvalue weighted by Crippen LogP contribution is 2.21. The van der Waals surface area contributed by atoms with Gasteiger partial charge < -0.3 is 20.1 Å². The van der Waals surface area contributed by atoms with Crippen LogP contribution in [-0.4, -0.2) is 38.9 Å². The maximum Gasteiger partial charge on any atom is 0.191 e. The van der Waals surface area contributed by atoms with Gasteiger partial charge in [0.25, 0.3) is 0 Å². The molecule has 0 atom stereocenters. The number of nitrogens with zero attached hydrogens (tertiary/aromatic N) is 1. The Balaban J connectivity index is 0.00000341. The highest BCUT2D eigenvalue weighted by atomic mass is 127. The zero-order valence-electron chi connectivity index (χ0n) is 18.9. The van der Waals surface area contributed by atoms with E-state index in [9.17, 15) is 0 Å². The Morgan fingerprint density at radius 1 is 1.03 bits per heavy atom. The third kappa shape index (κ3) is 8.43. The monoisotopic (exact) mass is 537 g/mol. The largest absolute Gasteiger partial charge is 0.381 e. The van der Waals surface area contributed by atoms with Crippen LogP contribution in [-0.2, 0) is 28.0 Å². The van der Waals surface area contributed by atoms with E-state index in [1.54, 1.807) is 0 Å². The molecular formula is C25H36IN3O2. The van der Waals surface area contributed by atoms with E-state index in [0.29, 0.717) is 12.7 Å². The van der Waals surface area contributed by atoms with Gasteiger partial charge in [-0.05, 0) is 29.5 Å². The number of ether oxygens (including phenoxy) is 2. The van der Waals surface area contributed by atoms with Gasteiger partial charge in [-0.25, -0.2) is 0 Å². The van der Waals surface area contributed by atoms with Crippen molar-refractivity contribution in [1.29, 1.82) is 0 Å². The van der Waals surface area contributed by atoms with Gasteiger partial charge in [0.05, 0.1) is 12.7 Å². The molecule has 2 N–H and O–H groups in total. The third-order valence-corrected chi connectivity index (χ3v) is 5.58. The molecule has 5 nitrogen and oxygen atoms in total. The van der Waals surface area contributed by atoms with E-state index in [0.717, 1.165) is 45.1 Å². The molecule has 0 radical (unpaired) electrons. The number of guanidine groups is 1. The van der Waals surface area contributed by atoms with Crippen LogP contribution >= 0.6 is 24.0 Å². The minimum Gasteiger partial charge on any atom is -0.381 e. The molecule has 1 aliphatic rings. The van der Waals surface area contributed by atoms with Crippen molar-refractivity contribution >= 4 is 29.9 Å². The normalized spacial score (nSPS) is 15.3. The summed E-state index contributed by atoms with van der Waals surface area (Å²) in [4.78, 5) is 4.38. The summed E-state index contributed by atoms with van der Waals surface area (Å²) in [6.45, 7) is 8.27. The lowest BCUT2D eigenvalue weighted by Crippen LogP contribution is -2.43. The molecule has 0 bridgehead atoms. The molecule has 2 aromatic rings. The first-order valence-corrected chi connectivity index (χ1v) is 10.8. The number of benzene rings is 2. The van der Waals surface area contributed by atoms with Gasteiger partial charge in [-0.15, -0.1) is 24.0 Å². The molecule has 31 heavy (non-hydrogen) atoms. The predicted molar refractivity (Wildman–Crippen MR) is 138 cm³/mol. The van der Waals surface area contributed by atoms with Crippen LogP contribution in [0.25, 0.3) is 0 Å². The van der Waals surface area contributed by atoms with E-state index in [-0.39, 0.29) is 29.4 Å². The van der Waals surface area contributed by atoms with Crippen molar-refractivity contribution in [3.63, 3.8) is 0 Å². The van der Waals surface area contributed by atoms with Crippen molar-refractivity contribution in [2.75, 3.05) is 26.8 Å². The molecule has 0 aliphatic carbocycles. The lowest BCUT2D eigenvalue weighted by atomic mass is 9.85. The highest BCUT2D eigenvalue weighted by molar-refractivity contribution is 14.0.